The van der Waals surface area contributed by atoms with Crippen LogP contribution in [0.4, 0.5) is 5.69 Å². The van der Waals surface area contributed by atoms with Crippen molar-refractivity contribution in [3.05, 3.63) is 28.7 Å². The Balaban J connectivity index is 3.46. The standard InChI is InChI=1S/C7H8ClN/c1-5-2-3-6(9)4-7(5)8/h2-4H,9H2,1H3/i3D,4D. The van der Waals surface area contributed by atoms with Crippen LogP contribution in [-0.4, -0.2) is 0 Å². The first-order valence-corrected chi connectivity index (χ1v) is 2.93. The van der Waals surface area contributed by atoms with Crippen molar-refractivity contribution in [1.29, 1.82) is 0 Å². The predicted octanol–water partition coefficient (Wildman–Crippen LogP) is 2.23. The van der Waals surface area contributed by atoms with Gasteiger partial charge in [-0.25, -0.2) is 0 Å². The molecule has 0 fully saturated rings. The quantitative estimate of drug-likeness (QED) is 0.554. The number of rotatable bonds is 0. The second-order valence-electron chi connectivity index (χ2n) is 1.82. The molecule has 0 amide bonds. The highest BCUT2D eigenvalue weighted by Crippen LogP contribution is 2.17. The molecule has 1 aromatic carbocycles. The van der Waals surface area contributed by atoms with Crippen LogP contribution in [0.5, 0.6) is 0 Å². The van der Waals surface area contributed by atoms with Crippen molar-refractivity contribution < 1.29 is 2.74 Å². The zero-order chi connectivity index (χ0) is 8.59. The average Bonchev–Trinajstić information content (AvgIpc) is 1.97. The first-order chi connectivity index (χ1) is 5.04. The summed E-state index contributed by atoms with van der Waals surface area (Å²) in [6.45, 7) is 1.75. The Hall–Kier alpha value is -0.690. The lowest BCUT2D eigenvalue weighted by molar-refractivity contribution is 1.47. The molecule has 0 atom stereocenters. The number of hydrogen-bond acceptors (Lipinski definition) is 1. The SMILES string of the molecule is [2H]c1cc(C)c(Cl)c([2H])c1N. The lowest BCUT2D eigenvalue weighted by atomic mass is 10.2. The van der Waals surface area contributed by atoms with Gasteiger partial charge in [-0.2, -0.15) is 0 Å². The molecule has 2 N–H and O–H groups in total. The molecule has 0 aliphatic carbocycles. The van der Waals surface area contributed by atoms with Gasteiger partial charge in [0.25, 0.3) is 0 Å². The molecule has 1 nitrogen and oxygen atoms in total. The second-order valence-corrected chi connectivity index (χ2v) is 2.20. The maximum absolute atomic E-state index is 7.35. The van der Waals surface area contributed by atoms with E-state index in [9.17, 15) is 0 Å². The fourth-order valence-corrected chi connectivity index (χ4v) is 0.659. The van der Waals surface area contributed by atoms with Crippen molar-refractivity contribution >= 4 is 17.3 Å². The zero-order valence-corrected chi connectivity index (χ0v) is 5.79. The van der Waals surface area contributed by atoms with Crippen molar-refractivity contribution in [2.45, 2.75) is 6.92 Å². The second kappa shape index (κ2) is 2.28. The van der Waals surface area contributed by atoms with Crippen LogP contribution in [0.3, 0.4) is 0 Å². The van der Waals surface area contributed by atoms with E-state index in [0.29, 0.717) is 5.02 Å². The molecule has 0 heterocycles. The molecule has 0 aliphatic heterocycles. The summed E-state index contributed by atoms with van der Waals surface area (Å²) in [4.78, 5) is 0. The highest BCUT2D eigenvalue weighted by Gasteiger charge is 1.91. The Labute approximate surface area is 62.2 Å². The lowest BCUT2D eigenvalue weighted by Crippen LogP contribution is -1.83. The number of hydrogen-bond donors (Lipinski definition) is 1. The normalized spacial score (nSPS) is 12.7. The van der Waals surface area contributed by atoms with Gasteiger partial charge in [0.15, 0.2) is 0 Å². The third kappa shape index (κ3) is 1.36. The molecule has 0 saturated heterocycles. The van der Waals surface area contributed by atoms with E-state index in [4.69, 9.17) is 20.1 Å². The summed E-state index contributed by atoms with van der Waals surface area (Å²) < 4.78 is 14.6. The summed E-state index contributed by atoms with van der Waals surface area (Å²) >= 11 is 5.70. The minimum absolute atomic E-state index is 0.0525. The van der Waals surface area contributed by atoms with Gasteiger partial charge in [0.05, 0.1) is 2.74 Å². The Kier molecular flexibility index (Phi) is 1.06. The van der Waals surface area contributed by atoms with E-state index < -0.39 is 0 Å². The Morgan fingerprint density at radius 2 is 2.44 bits per heavy atom. The van der Waals surface area contributed by atoms with E-state index in [0.717, 1.165) is 5.56 Å². The Morgan fingerprint density at radius 3 is 3.11 bits per heavy atom. The van der Waals surface area contributed by atoms with E-state index >= 15 is 0 Å². The number of benzene rings is 1. The summed E-state index contributed by atoms with van der Waals surface area (Å²) in [6, 6.07) is 1.77. The molecule has 0 unspecified atom stereocenters. The third-order valence-corrected chi connectivity index (χ3v) is 1.43. The van der Waals surface area contributed by atoms with Crippen molar-refractivity contribution in [2.24, 2.45) is 0 Å². The van der Waals surface area contributed by atoms with Gasteiger partial charge in [-0.05, 0) is 24.6 Å². The van der Waals surface area contributed by atoms with Crippen LogP contribution < -0.4 is 5.73 Å². The molecule has 0 aliphatic rings. The van der Waals surface area contributed by atoms with Crippen molar-refractivity contribution in [3.63, 3.8) is 0 Å². The number of halogens is 1. The molecule has 0 radical (unpaired) electrons. The van der Waals surface area contributed by atoms with Gasteiger partial charge < -0.3 is 5.73 Å². The topological polar surface area (TPSA) is 26.0 Å². The molecule has 0 spiro atoms. The summed E-state index contributed by atoms with van der Waals surface area (Å²) in [5.41, 5.74) is 6.25. The Bertz CT molecular complexity index is 273. The molecule has 1 rings (SSSR count). The van der Waals surface area contributed by atoms with Crippen LogP contribution in [0.15, 0.2) is 18.2 Å². The van der Waals surface area contributed by atoms with Crippen molar-refractivity contribution in [2.75, 3.05) is 5.73 Å². The first kappa shape index (κ1) is 4.18. The molecule has 2 heteroatoms. The largest absolute Gasteiger partial charge is 0.399 e. The minimum Gasteiger partial charge on any atom is -0.399 e. The summed E-state index contributed by atoms with van der Waals surface area (Å²) in [5, 5.41) is 0.332. The molecular formula is C7H8ClN. The maximum atomic E-state index is 7.35. The molecule has 0 saturated carbocycles. The van der Waals surface area contributed by atoms with Gasteiger partial charge in [-0.3, -0.25) is 0 Å². The number of anilines is 1. The average molecular weight is 144 g/mol. The van der Waals surface area contributed by atoms with Gasteiger partial charge in [0.1, 0.15) is 0 Å². The highest BCUT2D eigenvalue weighted by molar-refractivity contribution is 6.31. The molecular weight excluding hydrogens is 134 g/mol. The smallest absolute Gasteiger partial charge is 0.0660 e. The van der Waals surface area contributed by atoms with E-state index in [1.807, 2.05) is 0 Å². The predicted molar refractivity (Wildman–Crippen MR) is 40.6 cm³/mol. The van der Waals surface area contributed by atoms with Crippen LogP contribution in [0, 0.1) is 6.92 Å². The molecule has 0 bridgehead atoms. The van der Waals surface area contributed by atoms with E-state index in [2.05, 4.69) is 0 Å². The first-order valence-electron chi connectivity index (χ1n) is 3.56. The monoisotopic (exact) mass is 143 g/mol. The van der Waals surface area contributed by atoms with E-state index in [1.165, 1.54) is 0 Å². The van der Waals surface area contributed by atoms with Gasteiger partial charge in [-0.15, -0.1) is 0 Å². The summed E-state index contributed by atoms with van der Waals surface area (Å²) in [7, 11) is 0. The van der Waals surface area contributed by atoms with Crippen molar-refractivity contribution in [1.82, 2.24) is 0 Å². The third-order valence-electron chi connectivity index (χ3n) is 1.03. The van der Waals surface area contributed by atoms with E-state index in [1.54, 1.807) is 13.0 Å². The van der Waals surface area contributed by atoms with Gasteiger partial charge in [0.2, 0.25) is 0 Å². The van der Waals surface area contributed by atoms with Crippen LogP contribution in [0.1, 0.15) is 8.30 Å². The number of nitrogen functional groups attached to an aromatic ring is 1. The molecule has 48 valence electrons. The molecule has 0 aromatic heterocycles. The van der Waals surface area contributed by atoms with Crippen LogP contribution >= 0.6 is 11.6 Å². The maximum Gasteiger partial charge on any atom is 0.0660 e. The van der Waals surface area contributed by atoms with Gasteiger partial charge >= 0.3 is 0 Å². The van der Waals surface area contributed by atoms with Gasteiger partial charge in [-0.1, -0.05) is 17.7 Å². The molecule has 1 aromatic rings. The van der Waals surface area contributed by atoms with Crippen LogP contribution in [0.2, 0.25) is 5.02 Å². The number of nitrogens with two attached hydrogens (primary N) is 1. The summed E-state index contributed by atoms with van der Waals surface area (Å²) in [6.07, 6.45) is 0. The highest BCUT2D eigenvalue weighted by atomic mass is 35.5. The fraction of sp³-hybridized carbons (Fsp3) is 0.143. The van der Waals surface area contributed by atoms with E-state index in [-0.39, 0.29) is 17.8 Å². The molecule has 9 heavy (non-hydrogen) atoms. The zero-order valence-electron chi connectivity index (χ0n) is 7.03. The van der Waals surface area contributed by atoms with Crippen LogP contribution in [0.25, 0.3) is 0 Å². The lowest BCUT2D eigenvalue weighted by Gasteiger charge is -1.96. The van der Waals surface area contributed by atoms with Crippen LogP contribution in [-0.2, 0) is 0 Å². The number of aryl methyl sites for hydroxylation is 1. The van der Waals surface area contributed by atoms with Gasteiger partial charge in [0, 0.05) is 10.7 Å². The summed E-state index contributed by atoms with van der Waals surface area (Å²) in [5.74, 6) is 0. The van der Waals surface area contributed by atoms with Crippen molar-refractivity contribution in [3.8, 4) is 0 Å². The minimum atomic E-state index is 0.0525. The fourth-order valence-electron chi connectivity index (χ4n) is 0.502. The Morgan fingerprint density at radius 1 is 1.78 bits per heavy atom.